The van der Waals surface area contributed by atoms with E-state index in [2.05, 4.69) is 51.2 Å². The Morgan fingerprint density at radius 1 is 1.38 bits per heavy atom. The Balaban J connectivity index is 1.75. The highest BCUT2D eigenvalue weighted by molar-refractivity contribution is 7.91. The Morgan fingerprint density at radius 2 is 2.12 bits per heavy atom. The van der Waals surface area contributed by atoms with Crippen LogP contribution in [0, 0.1) is 0 Å². The van der Waals surface area contributed by atoms with Gasteiger partial charge in [0.25, 0.3) is 0 Å². The first-order valence-electron chi connectivity index (χ1n) is 8.47. The summed E-state index contributed by atoms with van der Waals surface area (Å²) in [5.41, 5.74) is 1.33. The molecule has 2 heterocycles. The van der Waals surface area contributed by atoms with E-state index in [9.17, 15) is 8.42 Å². The molecule has 0 spiro atoms. The van der Waals surface area contributed by atoms with Gasteiger partial charge < -0.3 is 10.6 Å². The predicted molar refractivity (Wildman–Crippen MR) is 102 cm³/mol. The molecule has 136 valence electrons. The molecule has 0 saturated carbocycles. The summed E-state index contributed by atoms with van der Waals surface area (Å²) in [5.74, 6) is 1.78. The number of rotatable bonds is 7. The lowest BCUT2D eigenvalue weighted by atomic mass is 10.1. The van der Waals surface area contributed by atoms with Gasteiger partial charge in [0, 0.05) is 45.2 Å². The summed E-state index contributed by atoms with van der Waals surface area (Å²) in [5, 5.41) is 10.9. The van der Waals surface area contributed by atoms with Gasteiger partial charge in [0.2, 0.25) is 0 Å². The Morgan fingerprint density at radius 3 is 2.75 bits per heavy atom. The summed E-state index contributed by atoms with van der Waals surface area (Å²) in [6.07, 6.45) is 0. The van der Waals surface area contributed by atoms with Crippen molar-refractivity contribution in [3.05, 3.63) is 22.4 Å². The largest absolute Gasteiger partial charge is 0.357 e. The van der Waals surface area contributed by atoms with Crippen LogP contribution >= 0.6 is 11.3 Å². The van der Waals surface area contributed by atoms with Crippen molar-refractivity contribution in [2.45, 2.75) is 19.8 Å². The third-order valence-corrected chi connectivity index (χ3v) is 6.45. The summed E-state index contributed by atoms with van der Waals surface area (Å²) in [4.78, 5) is 6.85. The average Bonchev–Trinajstić information content (AvgIpc) is 3.08. The normalized spacial score (nSPS) is 19.8. The predicted octanol–water partition coefficient (Wildman–Crippen LogP) is 1.14. The molecule has 1 aromatic heterocycles. The van der Waals surface area contributed by atoms with Crippen LogP contribution in [0.2, 0.25) is 0 Å². The van der Waals surface area contributed by atoms with Crippen molar-refractivity contribution in [3.8, 4) is 0 Å². The number of hydrogen-bond donors (Lipinski definition) is 2. The highest BCUT2D eigenvalue weighted by Crippen LogP contribution is 2.18. The van der Waals surface area contributed by atoms with Crippen LogP contribution < -0.4 is 10.6 Å². The van der Waals surface area contributed by atoms with Gasteiger partial charge in [-0.1, -0.05) is 6.92 Å². The maximum Gasteiger partial charge on any atom is 0.191 e. The number of thiophene rings is 1. The van der Waals surface area contributed by atoms with E-state index in [1.54, 1.807) is 11.3 Å². The average molecular weight is 373 g/mol. The molecular formula is C16H28N4O2S2. The van der Waals surface area contributed by atoms with E-state index in [4.69, 9.17) is 0 Å². The molecule has 1 atom stereocenters. The standard InChI is InChI=1S/C16H28N4O2S2/c1-3-17-16(19-12-14(2)15-4-9-23-13-15)18-5-6-20-7-10-24(21,22)11-8-20/h4,9,13-14H,3,5-8,10-12H2,1-2H3,(H2,17,18,19). The Hall–Kier alpha value is -1.12. The highest BCUT2D eigenvalue weighted by atomic mass is 32.2. The first-order valence-corrected chi connectivity index (χ1v) is 11.2. The van der Waals surface area contributed by atoms with Crippen molar-refractivity contribution >= 4 is 27.1 Å². The van der Waals surface area contributed by atoms with E-state index in [-0.39, 0.29) is 11.5 Å². The minimum Gasteiger partial charge on any atom is -0.357 e. The van der Waals surface area contributed by atoms with E-state index in [0.29, 0.717) is 19.0 Å². The van der Waals surface area contributed by atoms with Crippen LogP contribution in [0.25, 0.3) is 0 Å². The molecule has 1 aromatic rings. The second-order valence-corrected chi connectivity index (χ2v) is 9.18. The number of guanidine groups is 1. The number of nitrogens with one attached hydrogen (secondary N) is 2. The molecule has 0 amide bonds. The zero-order chi connectivity index (χ0) is 17.4. The lowest BCUT2D eigenvalue weighted by Crippen LogP contribution is -2.46. The monoisotopic (exact) mass is 372 g/mol. The Bertz CT molecular complexity index is 600. The van der Waals surface area contributed by atoms with Crippen molar-refractivity contribution in [1.29, 1.82) is 0 Å². The van der Waals surface area contributed by atoms with E-state index in [0.717, 1.165) is 32.1 Å². The lowest BCUT2D eigenvalue weighted by molar-refractivity contribution is 0.299. The second-order valence-electron chi connectivity index (χ2n) is 6.10. The van der Waals surface area contributed by atoms with Crippen LogP contribution in [0.1, 0.15) is 25.3 Å². The molecule has 1 saturated heterocycles. The van der Waals surface area contributed by atoms with Crippen LogP contribution in [-0.2, 0) is 9.84 Å². The molecule has 24 heavy (non-hydrogen) atoms. The maximum atomic E-state index is 11.4. The molecule has 2 N–H and O–H groups in total. The molecule has 6 nitrogen and oxygen atoms in total. The van der Waals surface area contributed by atoms with E-state index in [1.807, 2.05) is 0 Å². The van der Waals surface area contributed by atoms with Crippen LogP contribution in [0.5, 0.6) is 0 Å². The lowest BCUT2D eigenvalue weighted by Gasteiger charge is -2.26. The maximum absolute atomic E-state index is 11.4. The second kappa shape index (κ2) is 9.39. The van der Waals surface area contributed by atoms with Gasteiger partial charge in [-0.2, -0.15) is 11.3 Å². The molecule has 0 aromatic carbocycles. The van der Waals surface area contributed by atoms with E-state index in [1.165, 1.54) is 5.56 Å². The Kier molecular flexibility index (Phi) is 7.51. The van der Waals surface area contributed by atoms with Gasteiger partial charge in [0.1, 0.15) is 0 Å². The molecule has 2 rings (SSSR count). The quantitative estimate of drug-likeness (QED) is 0.555. The fraction of sp³-hybridized carbons (Fsp3) is 0.688. The molecule has 0 aliphatic carbocycles. The van der Waals surface area contributed by atoms with Gasteiger partial charge in [-0.3, -0.25) is 9.89 Å². The topological polar surface area (TPSA) is 73.8 Å². The Labute approximate surface area is 149 Å². The molecule has 0 radical (unpaired) electrons. The first-order chi connectivity index (χ1) is 11.5. The number of sulfone groups is 1. The highest BCUT2D eigenvalue weighted by Gasteiger charge is 2.20. The smallest absolute Gasteiger partial charge is 0.191 e. The van der Waals surface area contributed by atoms with Gasteiger partial charge in [-0.05, 0) is 29.3 Å². The van der Waals surface area contributed by atoms with Crippen molar-refractivity contribution in [3.63, 3.8) is 0 Å². The third kappa shape index (κ3) is 6.41. The number of nitrogens with zero attached hydrogens (tertiary/aromatic N) is 2. The van der Waals surface area contributed by atoms with Crippen molar-refractivity contribution in [2.75, 3.05) is 50.8 Å². The third-order valence-electron chi connectivity index (χ3n) is 4.14. The fourth-order valence-corrected chi connectivity index (χ4v) is 4.60. The van der Waals surface area contributed by atoms with Crippen LogP contribution in [0.4, 0.5) is 0 Å². The minimum absolute atomic E-state index is 0.277. The van der Waals surface area contributed by atoms with Crippen molar-refractivity contribution in [2.24, 2.45) is 4.99 Å². The SMILES string of the molecule is CCNC(=NCC(C)c1ccsc1)NCCN1CCS(=O)(=O)CC1. The zero-order valence-electron chi connectivity index (χ0n) is 14.5. The number of aliphatic imine (C=N–C) groups is 1. The van der Waals surface area contributed by atoms with E-state index < -0.39 is 9.84 Å². The summed E-state index contributed by atoms with van der Waals surface area (Å²) >= 11 is 1.71. The summed E-state index contributed by atoms with van der Waals surface area (Å²) in [6.45, 7) is 8.66. The summed E-state index contributed by atoms with van der Waals surface area (Å²) in [7, 11) is -2.80. The summed E-state index contributed by atoms with van der Waals surface area (Å²) < 4.78 is 22.9. The molecular weight excluding hydrogens is 344 g/mol. The van der Waals surface area contributed by atoms with Crippen LogP contribution in [0.3, 0.4) is 0 Å². The van der Waals surface area contributed by atoms with Crippen molar-refractivity contribution < 1.29 is 8.42 Å². The van der Waals surface area contributed by atoms with Crippen molar-refractivity contribution in [1.82, 2.24) is 15.5 Å². The fourth-order valence-electron chi connectivity index (χ4n) is 2.54. The van der Waals surface area contributed by atoms with Gasteiger partial charge in [0.15, 0.2) is 15.8 Å². The number of hydrogen-bond acceptors (Lipinski definition) is 5. The van der Waals surface area contributed by atoms with Crippen LogP contribution in [0.15, 0.2) is 21.8 Å². The van der Waals surface area contributed by atoms with Gasteiger partial charge >= 0.3 is 0 Å². The molecule has 0 bridgehead atoms. The molecule has 1 aliphatic rings. The molecule has 1 fully saturated rings. The molecule has 1 unspecified atom stereocenters. The van der Waals surface area contributed by atoms with Gasteiger partial charge in [0.05, 0.1) is 11.5 Å². The molecule has 8 heteroatoms. The van der Waals surface area contributed by atoms with Gasteiger partial charge in [-0.15, -0.1) is 0 Å². The van der Waals surface area contributed by atoms with Crippen LogP contribution in [-0.4, -0.2) is 70.1 Å². The zero-order valence-corrected chi connectivity index (χ0v) is 16.1. The van der Waals surface area contributed by atoms with E-state index >= 15 is 0 Å². The summed E-state index contributed by atoms with van der Waals surface area (Å²) in [6, 6.07) is 2.15. The van der Waals surface area contributed by atoms with Gasteiger partial charge in [-0.25, -0.2) is 8.42 Å². The molecule has 1 aliphatic heterocycles. The minimum atomic E-state index is -2.80. The first kappa shape index (κ1) is 19.2.